The number of anilines is 1. The van der Waals surface area contributed by atoms with E-state index in [1.54, 1.807) is 31.4 Å². The molecular formula is C23H20N4O4. The number of benzene rings is 2. The number of nitrogens with zero attached hydrogens (tertiary/aromatic N) is 3. The summed E-state index contributed by atoms with van der Waals surface area (Å²) in [6.07, 6.45) is -0.0568. The topological polar surface area (TPSA) is 101 Å². The Hall–Kier alpha value is -4.07. The Morgan fingerprint density at radius 3 is 2.42 bits per heavy atom. The predicted molar refractivity (Wildman–Crippen MR) is 114 cm³/mol. The van der Waals surface area contributed by atoms with Gasteiger partial charge in [0, 0.05) is 12.6 Å². The molecule has 0 aliphatic carbocycles. The Balaban J connectivity index is 1.49. The van der Waals surface area contributed by atoms with Crippen molar-refractivity contribution >= 4 is 23.5 Å². The van der Waals surface area contributed by atoms with E-state index in [1.807, 2.05) is 31.2 Å². The minimum Gasteiger partial charge on any atom is -0.497 e. The number of rotatable bonds is 5. The Morgan fingerprint density at radius 2 is 1.77 bits per heavy atom. The average molecular weight is 416 g/mol. The van der Waals surface area contributed by atoms with Crippen molar-refractivity contribution in [1.82, 2.24) is 15.1 Å². The summed E-state index contributed by atoms with van der Waals surface area (Å²) in [4.78, 5) is 38.3. The van der Waals surface area contributed by atoms with E-state index in [0.717, 1.165) is 21.8 Å². The zero-order chi connectivity index (χ0) is 22.1. The highest BCUT2D eigenvalue weighted by atomic mass is 16.5. The van der Waals surface area contributed by atoms with Crippen LogP contribution in [0.25, 0.3) is 11.3 Å². The molecule has 156 valence electrons. The Labute approximate surface area is 178 Å². The van der Waals surface area contributed by atoms with Gasteiger partial charge in [-0.3, -0.25) is 19.3 Å². The van der Waals surface area contributed by atoms with Gasteiger partial charge in [0.2, 0.25) is 5.91 Å². The Kier molecular flexibility index (Phi) is 5.21. The SMILES string of the molecule is COc1ccc(-c2ccc(NC(=O)Cc3cc(C)cc4c3C(=O)N(C)C4=O)nn2)cc1. The van der Waals surface area contributed by atoms with Crippen molar-refractivity contribution in [1.29, 1.82) is 0 Å². The van der Waals surface area contributed by atoms with E-state index in [2.05, 4.69) is 15.5 Å². The molecule has 1 aromatic heterocycles. The van der Waals surface area contributed by atoms with E-state index in [-0.39, 0.29) is 23.8 Å². The maximum atomic E-state index is 12.6. The summed E-state index contributed by atoms with van der Waals surface area (Å²) in [6, 6.07) is 14.2. The average Bonchev–Trinajstić information content (AvgIpc) is 2.98. The fraction of sp³-hybridized carbons (Fsp3) is 0.174. The third kappa shape index (κ3) is 3.87. The molecule has 8 heteroatoms. The third-order valence-electron chi connectivity index (χ3n) is 5.09. The van der Waals surface area contributed by atoms with Crippen LogP contribution >= 0.6 is 0 Å². The third-order valence-corrected chi connectivity index (χ3v) is 5.09. The number of aromatic nitrogens is 2. The van der Waals surface area contributed by atoms with Gasteiger partial charge < -0.3 is 10.1 Å². The van der Waals surface area contributed by atoms with Gasteiger partial charge in [0.25, 0.3) is 11.8 Å². The van der Waals surface area contributed by atoms with E-state index >= 15 is 0 Å². The maximum absolute atomic E-state index is 12.6. The van der Waals surface area contributed by atoms with Crippen LogP contribution < -0.4 is 10.1 Å². The fourth-order valence-electron chi connectivity index (χ4n) is 3.54. The lowest BCUT2D eigenvalue weighted by atomic mass is 9.97. The molecule has 3 amide bonds. The molecule has 4 rings (SSSR count). The van der Waals surface area contributed by atoms with Crippen LogP contribution in [0.2, 0.25) is 0 Å². The number of hydrogen-bond acceptors (Lipinski definition) is 6. The van der Waals surface area contributed by atoms with Crippen LogP contribution in [0.4, 0.5) is 5.82 Å². The lowest BCUT2D eigenvalue weighted by Gasteiger charge is -2.09. The number of fused-ring (bicyclic) bond motifs is 1. The summed E-state index contributed by atoms with van der Waals surface area (Å²) in [5.41, 5.74) is 3.46. The summed E-state index contributed by atoms with van der Waals surface area (Å²) in [6.45, 7) is 1.82. The van der Waals surface area contributed by atoms with Gasteiger partial charge in [-0.2, -0.15) is 0 Å². The highest BCUT2D eigenvalue weighted by molar-refractivity contribution is 6.22. The molecule has 0 radical (unpaired) electrons. The fourth-order valence-corrected chi connectivity index (χ4v) is 3.54. The van der Waals surface area contributed by atoms with E-state index in [9.17, 15) is 14.4 Å². The second-order valence-electron chi connectivity index (χ2n) is 7.27. The molecular weight excluding hydrogens is 396 g/mol. The van der Waals surface area contributed by atoms with Gasteiger partial charge in [-0.15, -0.1) is 10.2 Å². The molecule has 0 fully saturated rings. The molecule has 2 aromatic carbocycles. The zero-order valence-electron chi connectivity index (χ0n) is 17.3. The van der Waals surface area contributed by atoms with Gasteiger partial charge in [0.15, 0.2) is 5.82 Å². The number of carbonyl (C=O) groups is 3. The van der Waals surface area contributed by atoms with Crippen molar-refractivity contribution in [2.24, 2.45) is 0 Å². The molecule has 0 unspecified atom stereocenters. The normalized spacial score (nSPS) is 12.7. The molecule has 0 saturated heterocycles. The summed E-state index contributed by atoms with van der Waals surface area (Å²) < 4.78 is 5.14. The van der Waals surface area contributed by atoms with Gasteiger partial charge in [-0.25, -0.2) is 0 Å². The molecule has 1 N–H and O–H groups in total. The highest BCUT2D eigenvalue weighted by Gasteiger charge is 2.35. The number of carbonyl (C=O) groups excluding carboxylic acids is 3. The van der Waals surface area contributed by atoms with Gasteiger partial charge in [-0.05, 0) is 60.5 Å². The molecule has 0 bridgehead atoms. The van der Waals surface area contributed by atoms with Crippen LogP contribution in [0.1, 0.15) is 31.8 Å². The van der Waals surface area contributed by atoms with Crippen molar-refractivity contribution in [3.63, 3.8) is 0 Å². The Bertz CT molecular complexity index is 1190. The van der Waals surface area contributed by atoms with Crippen molar-refractivity contribution < 1.29 is 19.1 Å². The summed E-state index contributed by atoms with van der Waals surface area (Å²) in [5.74, 6) is -0.0634. The van der Waals surface area contributed by atoms with Crippen LogP contribution in [0, 0.1) is 6.92 Å². The number of ether oxygens (including phenoxy) is 1. The standard InChI is InChI=1S/C23H20N4O4/c1-13-10-15(21-17(11-13)22(29)27(2)23(21)30)12-20(28)24-19-9-8-18(25-26-19)14-4-6-16(31-3)7-5-14/h4-11H,12H2,1-3H3,(H,24,26,28). The minimum absolute atomic E-state index is 0.0568. The first kappa shape index (κ1) is 20.2. The van der Waals surface area contributed by atoms with E-state index in [1.165, 1.54) is 7.05 Å². The van der Waals surface area contributed by atoms with Gasteiger partial charge in [-0.1, -0.05) is 6.07 Å². The molecule has 8 nitrogen and oxygen atoms in total. The largest absolute Gasteiger partial charge is 0.497 e. The van der Waals surface area contributed by atoms with Gasteiger partial charge in [0.1, 0.15) is 5.75 Å². The molecule has 1 aliphatic heterocycles. The minimum atomic E-state index is -0.397. The van der Waals surface area contributed by atoms with E-state index in [0.29, 0.717) is 22.6 Å². The van der Waals surface area contributed by atoms with E-state index in [4.69, 9.17) is 4.74 Å². The van der Waals surface area contributed by atoms with Crippen molar-refractivity contribution in [3.05, 3.63) is 70.8 Å². The Morgan fingerprint density at radius 1 is 1.03 bits per heavy atom. The zero-order valence-corrected chi connectivity index (χ0v) is 17.3. The van der Waals surface area contributed by atoms with Crippen molar-refractivity contribution in [3.8, 4) is 17.0 Å². The number of methoxy groups -OCH3 is 1. The van der Waals surface area contributed by atoms with Crippen LogP contribution in [-0.2, 0) is 11.2 Å². The molecule has 3 aromatic rings. The number of imide groups is 1. The monoisotopic (exact) mass is 416 g/mol. The second kappa shape index (κ2) is 7.98. The molecule has 31 heavy (non-hydrogen) atoms. The predicted octanol–water partition coefficient (Wildman–Crippen LogP) is 2.87. The smallest absolute Gasteiger partial charge is 0.261 e. The number of nitrogens with one attached hydrogen (secondary N) is 1. The molecule has 1 aliphatic rings. The summed E-state index contributed by atoms with van der Waals surface area (Å²) in [5, 5.41) is 10.9. The lowest BCUT2D eigenvalue weighted by molar-refractivity contribution is -0.115. The van der Waals surface area contributed by atoms with E-state index < -0.39 is 5.91 Å². The summed E-state index contributed by atoms with van der Waals surface area (Å²) >= 11 is 0. The quantitative estimate of drug-likeness (QED) is 0.642. The highest BCUT2D eigenvalue weighted by Crippen LogP contribution is 2.27. The van der Waals surface area contributed by atoms with Crippen LogP contribution in [-0.4, -0.2) is 47.0 Å². The first-order valence-electron chi connectivity index (χ1n) is 9.61. The number of hydrogen-bond donors (Lipinski definition) is 1. The van der Waals surface area contributed by atoms with Gasteiger partial charge in [0.05, 0.1) is 30.4 Å². The molecule has 0 atom stereocenters. The first-order chi connectivity index (χ1) is 14.9. The lowest BCUT2D eigenvalue weighted by Crippen LogP contribution is -2.25. The van der Waals surface area contributed by atoms with Crippen LogP contribution in [0.3, 0.4) is 0 Å². The number of amides is 3. The molecule has 2 heterocycles. The summed E-state index contributed by atoms with van der Waals surface area (Å²) in [7, 11) is 3.03. The number of aryl methyl sites for hydroxylation is 1. The van der Waals surface area contributed by atoms with Crippen molar-refractivity contribution in [2.75, 3.05) is 19.5 Å². The second-order valence-corrected chi connectivity index (χ2v) is 7.27. The van der Waals surface area contributed by atoms with Crippen LogP contribution in [0.15, 0.2) is 48.5 Å². The van der Waals surface area contributed by atoms with Crippen molar-refractivity contribution in [2.45, 2.75) is 13.3 Å². The van der Waals surface area contributed by atoms with Gasteiger partial charge >= 0.3 is 0 Å². The maximum Gasteiger partial charge on any atom is 0.261 e. The first-order valence-corrected chi connectivity index (χ1v) is 9.61. The van der Waals surface area contributed by atoms with Crippen LogP contribution in [0.5, 0.6) is 5.75 Å². The molecule has 0 saturated carbocycles. The molecule has 0 spiro atoms.